The summed E-state index contributed by atoms with van der Waals surface area (Å²) in [6.07, 6.45) is 1.68. The van der Waals surface area contributed by atoms with Crippen molar-refractivity contribution in [3.63, 3.8) is 0 Å². The maximum atomic E-state index is 12.4. The molecule has 1 aromatic carbocycles. The molecule has 7 heteroatoms. The third-order valence-corrected chi connectivity index (χ3v) is 4.95. The minimum absolute atomic E-state index is 0.203. The number of carbonyl (C=O) groups is 1. The van der Waals surface area contributed by atoms with Gasteiger partial charge in [-0.15, -0.1) is 11.3 Å². The van der Waals surface area contributed by atoms with Crippen LogP contribution >= 0.6 is 34.5 Å². The van der Waals surface area contributed by atoms with Gasteiger partial charge in [0.1, 0.15) is 14.9 Å². The van der Waals surface area contributed by atoms with Gasteiger partial charge >= 0.3 is 5.97 Å². The number of carbonyl (C=O) groups excluding carboxylic acids is 1. The first-order valence-electron chi connectivity index (χ1n) is 6.61. The third kappa shape index (κ3) is 3.37. The van der Waals surface area contributed by atoms with Crippen LogP contribution in [0.15, 0.2) is 42.6 Å². The van der Waals surface area contributed by atoms with Gasteiger partial charge in [0.15, 0.2) is 5.75 Å². The number of ether oxygens (including phenoxy) is 1. The fourth-order valence-electron chi connectivity index (χ4n) is 1.89. The molecule has 0 radical (unpaired) electrons. The van der Waals surface area contributed by atoms with Crippen LogP contribution in [0.2, 0.25) is 10.0 Å². The molecule has 0 atom stereocenters. The summed E-state index contributed by atoms with van der Waals surface area (Å²) in [5.41, 5.74) is 1.29. The van der Waals surface area contributed by atoms with E-state index in [2.05, 4.69) is 9.97 Å². The number of halogens is 2. The average Bonchev–Trinajstić information content (AvgIpc) is 2.95. The minimum atomic E-state index is -0.522. The van der Waals surface area contributed by atoms with E-state index in [9.17, 15) is 4.79 Å². The molecule has 0 spiro atoms. The Morgan fingerprint density at radius 1 is 1.17 bits per heavy atom. The van der Waals surface area contributed by atoms with Crippen molar-refractivity contribution in [2.24, 2.45) is 0 Å². The van der Waals surface area contributed by atoms with Gasteiger partial charge in [0.2, 0.25) is 0 Å². The van der Waals surface area contributed by atoms with Crippen molar-refractivity contribution in [1.29, 1.82) is 0 Å². The number of pyridine rings is 1. The molecule has 3 aromatic rings. The molecule has 0 unspecified atom stereocenters. The second kappa shape index (κ2) is 6.66. The maximum Gasteiger partial charge on any atom is 0.355 e. The highest BCUT2D eigenvalue weighted by Gasteiger charge is 2.20. The lowest BCUT2D eigenvalue weighted by atomic mass is 10.3. The summed E-state index contributed by atoms with van der Waals surface area (Å²) in [5.74, 6) is -0.303. The van der Waals surface area contributed by atoms with E-state index in [4.69, 9.17) is 27.9 Å². The Hall–Kier alpha value is -1.95. The number of benzene rings is 1. The number of nitrogens with zero attached hydrogens (tertiary/aromatic N) is 2. The summed E-state index contributed by atoms with van der Waals surface area (Å²) >= 11 is 13.2. The maximum absolute atomic E-state index is 12.4. The zero-order chi connectivity index (χ0) is 16.4. The molecular weight excluding hydrogens is 355 g/mol. The monoisotopic (exact) mass is 364 g/mol. The summed E-state index contributed by atoms with van der Waals surface area (Å²) < 4.78 is 5.34. The van der Waals surface area contributed by atoms with E-state index in [1.807, 2.05) is 18.2 Å². The lowest BCUT2D eigenvalue weighted by molar-refractivity contribution is 0.0739. The summed E-state index contributed by atoms with van der Waals surface area (Å²) in [7, 11) is 0. The van der Waals surface area contributed by atoms with Gasteiger partial charge in [-0.25, -0.2) is 9.78 Å². The molecule has 0 amide bonds. The zero-order valence-corrected chi connectivity index (χ0v) is 14.2. The van der Waals surface area contributed by atoms with Crippen LogP contribution in [0.25, 0.3) is 10.7 Å². The molecule has 0 saturated carbocycles. The van der Waals surface area contributed by atoms with E-state index in [0.29, 0.717) is 26.3 Å². The van der Waals surface area contributed by atoms with Gasteiger partial charge in [-0.3, -0.25) is 4.98 Å². The number of hydrogen-bond donors (Lipinski definition) is 0. The first kappa shape index (κ1) is 15.9. The molecule has 116 valence electrons. The standard InChI is InChI=1S/C16H10Cl2N2O2S/c1-9-14(23-15(20-9)11-6-2-3-8-19-11)16(21)22-12-7-4-5-10(17)13(12)18/h2-8H,1H3. The fraction of sp³-hybridized carbons (Fsp3) is 0.0625. The molecule has 0 bridgehead atoms. The summed E-state index contributed by atoms with van der Waals surface area (Å²) in [6, 6.07) is 10.4. The minimum Gasteiger partial charge on any atom is -0.421 e. The number of aryl methyl sites for hydroxylation is 1. The molecule has 23 heavy (non-hydrogen) atoms. The fourth-order valence-corrected chi connectivity index (χ4v) is 3.14. The van der Waals surface area contributed by atoms with Crippen LogP contribution in [0.3, 0.4) is 0 Å². The van der Waals surface area contributed by atoms with Crippen molar-refractivity contribution in [2.75, 3.05) is 0 Å². The average molecular weight is 365 g/mol. The van der Waals surface area contributed by atoms with E-state index >= 15 is 0 Å². The smallest absolute Gasteiger partial charge is 0.355 e. The first-order chi connectivity index (χ1) is 11.1. The van der Waals surface area contributed by atoms with E-state index < -0.39 is 5.97 Å². The van der Waals surface area contributed by atoms with Crippen molar-refractivity contribution in [2.45, 2.75) is 6.92 Å². The van der Waals surface area contributed by atoms with Gasteiger partial charge in [-0.05, 0) is 31.2 Å². The highest BCUT2D eigenvalue weighted by Crippen LogP contribution is 2.33. The number of rotatable bonds is 3. The normalized spacial score (nSPS) is 10.6. The van der Waals surface area contributed by atoms with Gasteiger partial charge in [0, 0.05) is 6.20 Å². The SMILES string of the molecule is Cc1nc(-c2ccccn2)sc1C(=O)Oc1cccc(Cl)c1Cl. The highest BCUT2D eigenvalue weighted by atomic mass is 35.5. The van der Waals surface area contributed by atoms with Gasteiger partial charge < -0.3 is 4.74 Å². The molecule has 2 aromatic heterocycles. The van der Waals surface area contributed by atoms with E-state index in [0.717, 1.165) is 0 Å². The summed E-state index contributed by atoms with van der Waals surface area (Å²) in [4.78, 5) is 21.4. The van der Waals surface area contributed by atoms with E-state index in [1.54, 1.807) is 31.3 Å². The van der Waals surface area contributed by atoms with Gasteiger partial charge in [0.25, 0.3) is 0 Å². The molecule has 0 aliphatic heterocycles. The highest BCUT2D eigenvalue weighted by molar-refractivity contribution is 7.17. The summed E-state index contributed by atoms with van der Waals surface area (Å²) in [6.45, 7) is 1.75. The van der Waals surface area contributed by atoms with Gasteiger partial charge in [-0.2, -0.15) is 0 Å². The Labute approximate surface area is 146 Å². The molecule has 4 nitrogen and oxygen atoms in total. The lowest BCUT2D eigenvalue weighted by Crippen LogP contribution is -2.08. The number of esters is 1. The van der Waals surface area contributed by atoms with Crippen molar-refractivity contribution < 1.29 is 9.53 Å². The predicted molar refractivity (Wildman–Crippen MR) is 91.5 cm³/mol. The summed E-state index contributed by atoms with van der Waals surface area (Å²) in [5, 5.41) is 1.19. The molecule has 0 aliphatic rings. The quantitative estimate of drug-likeness (QED) is 0.482. The van der Waals surface area contributed by atoms with Crippen LogP contribution in [0.5, 0.6) is 5.75 Å². The van der Waals surface area contributed by atoms with Crippen LogP contribution in [-0.4, -0.2) is 15.9 Å². The third-order valence-electron chi connectivity index (χ3n) is 2.98. The number of aromatic nitrogens is 2. The van der Waals surface area contributed by atoms with Crippen LogP contribution in [0.1, 0.15) is 15.4 Å². The molecule has 0 aliphatic carbocycles. The van der Waals surface area contributed by atoms with Gasteiger partial charge in [0.05, 0.1) is 16.4 Å². The largest absolute Gasteiger partial charge is 0.421 e. The van der Waals surface area contributed by atoms with Crippen molar-refractivity contribution in [1.82, 2.24) is 9.97 Å². The van der Waals surface area contributed by atoms with Crippen molar-refractivity contribution in [3.05, 3.63) is 63.2 Å². The lowest BCUT2D eigenvalue weighted by Gasteiger charge is -2.06. The van der Waals surface area contributed by atoms with E-state index in [1.165, 1.54) is 11.3 Å². The number of thiazole rings is 1. The topological polar surface area (TPSA) is 52.1 Å². The molecule has 2 heterocycles. The number of hydrogen-bond acceptors (Lipinski definition) is 5. The molecule has 3 rings (SSSR count). The van der Waals surface area contributed by atoms with Crippen LogP contribution in [-0.2, 0) is 0 Å². The predicted octanol–water partition coefficient (Wildman–Crippen LogP) is 5.04. The Morgan fingerprint density at radius 2 is 2.00 bits per heavy atom. The Balaban J connectivity index is 1.89. The van der Waals surface area contributed by atoms with Crippen molar-refractivity contribution in [3.8, 4) is 16.5 Å². The van der Waals surface area contributed by atoms with Crippen LogP contribution in [0.4, 0.5) is 0 Å². The molecule has 0 fully saturated rings. The Bertz CT molecular complexity index is 866. The Morgan fingerprint density at radius 3 is 2.74 bits per heavy atom. The van der Waals surface area contributed by atoms with Gasteiger partial charge in [-0.1, -0.05) is 35.3 Å². The Kier molecular flexibility index (Phi) is 4.61. The van der Waals surface area contributed by atoms with E-state index in [-0.39, 0.29) is 10.8 Å². The first-order valence-corrected chi connectivity index (χ1v) is 8.18. The van der Waals surface area contributed by atoms with Crippen molar-refractivity contribution >= 4 is 40.5 Å². The molecule has 0 saturated heterocycles. The molecule has 0 N–H and O–H groups in total. The molecular formula is C16H10Cl2N2O2S. The second-order valence-electron chi connectivity index (χ2n) is 4.59. The zero-order valence-electron chi connectivity index (χ0n) is 11.9. The van der Waals surface area contributed by atoms with Crippen LogP contribution < -0.4 is 4.74 Å². The van der Waals surface area contributed by atoms with Crippen LogP contribution in [0, 0.1) is 6.92 Å². The second-order valence-corrected chi connectivity index (χ2v) is 6.37.